The van der Waals surface area contributed by atoms with Gasteiger partial charge in [-0.3, -0.25) is 9.97 Å². The molecule has 0 saturated heterocycles. The summed E-state index contributed by atoms with van der Waals surface area (Å²) in [4.78, 5) is 13.3. The van der Waals surface area contributed by atoms with Crippen LogP contribution in [0.3, 0.4) is 0 Å². The van der Waals surface area contributed by atoms with Crippen molar-refractivity contribution in [2.75, 3.05) is 0 Å². The minimum absolute atomic E-state index is 0.578. The minimum Gasteiger partial charge on any atom is -0.323 e. The van der Waals surface area contributed by atoms with Gasteiger partial charge in [0.25, 0.3) is 0 Å². The third kappa shape index (κ3) is 4.12. The number of pyridine rings is 2. The fourth-order valence-corrected chi connectivity index (χ4v) is 4.34. The highest BCUT2D eigenvalue weighted by atomic mass is 35.5. The highest BCUT2D eigenvalue weighted by Crippen LogP contribution is 2.30. The van der Waals surface area contributed by atoms with Crippen molar-refractivity contribution in [3.63, 3.8) is 0 Å². The number of hydrogen-bond donors (Lipinski definition) is 0. The number of nitrogens with zero attached hydrogens (tertiary/aromatic N) is 4. The van der Waals surface area contributed by atoms with Crippen molar-refractivity contribution in [2.24, 2.45) is 0 Å². The first kappa shape index (κ1) is 20.7. The van der Waals surface area contributed by atoms with Gasteiger partial charge in [0.15, 0.2) is 0 Å². The molecule has 0 saturated carbocycles. The molecule has 0 bridgehead atoms. The first-order valence-corrected chi connectivity index (χ1v) is 11.1. The molecule has 0 unspecified atom stereocenters. The molecular weight excluding hydrogens is 439 g/mol. The van der Waals surface area contributed by atoms with E-state index in [1.807, 2.05) is 48.8 Å². The maximum atomic E-state index is 6.52. The second-order valence-electron chi connectivity index (χ2n) is 7.78. The highest BCUT2D eigenvalue weighted by molar-refractivity contribution is 6.33. The van der Waals surface area contributed by atoms with Crippen molar-refractivity contribution in [3.05, 3.63) is 112 Å². The molecule has 0 atom stereocenters. The van der Waals surface area contributed by atoms with Gasteiger partial charge in [-0.25, -0.2) is 4.98 Å². The predicted molar refractivity (Wildman–Crippen MR) is 130 cm³/mol. The molecule has 158 valence electrons. The lowest BCUT2D eigenvalue weighted by molar-refractivity contribution is 0.762. The quantitative estimate of drug-likeness (QED) is 0.292. The van der Waals surface area contributed by atoms with E-state index < -0.39 is 0 Å². The average Bonchev–Trinajstić information content (AvgIpc) is 3.13. The molecule has 0 aliphatic rings. The molecule has 32 heavy (non-hydrogen) atoms. The largest absolute Gasteiger partial charge is 0.323 e. The van der Waals surface area contributed by atoms with Crippen molar-refractivity contribution in [3.8, 4) is 11.1 Å². The van der Waals surface area contributed by atoms with Crippen LogP contribution >= 0.6 is 23.2 Å². The Kier molecular flexibility index (Phi) is 5.64. The molecule has 0 aliphatic carbocycles. The highest BCUT2D eigenvalue weighted by Gasteiger charge is 2.15. The molecular formula is C26H20Cl2N4. The average molecular weight is 459 g/mol. The Morgan fingerprint density at radius 2 is 1.69 bits per heavy atom. The summed E-state index contributed by atoms with van der Waals surface area (Å²) in [5, 5.41) is 1.35. The normalized spacial score (nSPS) is 11.2. The SMILES string of the molecule is Cc1cnccc1-c1ccc2nc(Cc3ccncc3)n(Cc3cc(Cl)ccc3Cl)c2c1. The van der Waals surface area contributed by atoms with E-state index in [2.05, 4.69) is 39.7 Å². The number of benzene rings is 2. The summed E-state index contributed by atoms with van der Waals surface area (Å²) in [6.07, 6.45) is 8.02. The molecule has 3 heterocycles. The topological polar surface area (TPSA) is 43.6 Å². The number of imidazole rings is 1. The van der Waals surface area contributed by atoms with Crippen molar-refractivity contribution in [1.82, 2.24) is 19.5 Å². The number of aryl methyl sites for hydroxylation is 1. The van der Waals surface area contributed by atoms with Crippen LogP contribution in [0, 0.1) is 6.92 Å². The van der Waals surface area contributed by atoms with E-state index in [9.17, 15) is 0 Å². The summed E-state index contributed by atoms with van der Waals surface area (Å²) in [5.74, 6) is 0.964. The Morgan fingerprint density at radius 3 is 2.50 bits per heavy atom. The van der Waals surface area contributed by atoms with Gasteiger partial charge in [-0.15, -0.1) is 0 Å². The van der Waals surface area contributed by atoms with Gasteiger partial charge in [0.05, 0.1) is 17.6 Å². The molecule has 0 aliphatic heterocycles. The molecule has 4 nitrogen and oxygen atoms in total. The van der Waals surface area contributed by atoms with Gasteiger partial charge in [0.2, 0.25) is 0 Å². The van der Waals surface area contributed by atoms with Gasteiger partial charge in [0.1, 0.15) is 5.82 Å². The van der Waals surface area contributed by atoms with Gasteiger partial charge in [-0.05, 0) is 83.3 Å². The molecule has 5 rings (SSSR count). The number of rotatable bonds is 5. The van der Waals surface area contributed by atoms with E-state index in [4.69, 9.17) is 28.2 Å². The molecule has 0 N–H and O–H groups in total. The third-order valence-electron chi connectivity index (χ3n) is 5.61. The smallest absolute Gasteiger partial charge is 0.114 e. The fraction of sp³-hybridized carbons (Fsp3) is 0.115. The molecule has 5 aromatic rings. The summed E-state index contributed by atoms with van der Waals surface area (Å²) in [6, 6.07) is 18.0. The zero-order valence-electron chi connectivity index (χ0n) is 17.5. The number of hydrogen-bond acceptors (Lipinski definition) is 3. The zero-order valence-corrected chi connectivity index (χ0v) is 19.0. The first-order chi connectivity index (χ1) is 15.6. The van der Waals surface area contributed by atoms with Gasteiger partial charge in [-0.2, -0.15) is 0 Å². The summed E-state index contributed by atoms with van der Waals surface area (Å²) >= 11 is 12.8. The van der Waals surface area contributed by atoms with Crippen LogP contribution in [0.15, 0.2) is 79.4 Å². The second kappa shape index (κ2) is 8.73. The summed E-state index contributed by atoms with van der Waals surface area (Å²) in [6.45, 7) is 2.65. The van der Waals surface area contributed by atoms with Gasteiger partial charge in [0, 0.05) is 41.3 Å². The predicted octanol–water partition coefficient (Wildman–Crippen LogP) is 6.75. The van der Waals surface area contributed by atoms with Gasteiger partial charge in [-0.1, -0.05) is 29.3 Å². The van der Waals surface area contributed by atoms with E-state index >= 15 is 0 Å². The van der Waals surface area contributed by atoms with E-state index in [0.717, 1.165) is 44.7 Å². The van der Waals surface area contributed by atoms with Crippen LogP contribution in [0.1, 0.15) is 22.5 Å². The van der Waals surface area contributed by atoms with E-state index in [1.54, 1.807) is 12.4 Å². The van der Waals surface area contributed by atoms with Crippen LogP contribution < -0.4 is 0 Å². The minimum atomic E-state index is 0.578. The number of aromatic nitrogens is 4. The molecule has 0 spiro atoms. The molecule has 3 aromatic heterocycles. The van der Waals surface area contributed by atoms with Crippen LogP contribution in [-0.2, 0) is 13.0 Å². The van der Waals surface area contributed by atoms with Crippen molar-refractivity contribution >= 4 is 34.2 Å². The molecule has 0 fully saturated rings. The van der Waals surface area contributed by atoms with E-state index in [0.29, 0.717) is 23.0 Å². The monoisotopic (exact) mass is 458 g/mol. The summed E-state index contributed by atoms with van der Waals surface area (Å²) in [7, 11) is 0. The summed E-state index contributed by atoms with van der Waals surface area (Å²) < 4.78 is 2.23. The number of halogens is 2. The molecule has 0 amide bonds. The van der Waals surface area contributed by atoms with Crippen molar-refractivity contribution in [1.29, 1.82) is 0 Å². The zero-order chi connectivity index (χ0) is 22.1. The van der Waals surface area contributed by atoms with E-state index in [1.165, 1.54) is 0 Å². The Labute approximate surface area is 196 Å². The Morgan fingerprint density at radius 1 is 0.875 bits per heavy atom. The van der Waals surface area contributed by atoms with Crippen LogP contribution in [0.2, 0.25) is 10.0 Å². The Balaban J connectivity index is 1.67. The fourth-order valence-electron chi connectivity index (χ4n) is 3.97. The van der Waals surface area contributed by atoms with Crippen LogP contribution in [-0.4, -0.2) is 19.5 Å². The van der Waals surface area contributed by atoms with Gasteiger partial charge < -0.3 is 4.57 Å². The number of fused-ring (bicyclic) bond motifs is 1. The molecule has 0 radical (unpaired) electrons. The lowest BCUT2D eigenvalue weighted by atomic mass is 10.0. The lowest BCUT2D eigenvalue weighted by Gasteiger charge is -2.12. The lowest BCUT2D eigenvalue weighted by Crippen LogP contribution is -2.06. The van der Waals surface area contributed by atoms with Crippen molar-refractivity contribution < 1.29 is 0 Å². The molecule has 6 heteroatoms. The van der Waals surface area contributed by atoms with Crippen molar-refractivity contribution in [2.45, 2.75) is 19.9 Å². The molecule has 2 aromatic carbocycles. The first-order valence-electron chi connectivity index (χ1n) is 10.3. The maximum absolute atomic E-state index is 6.52. The Hall–Kier alpha value is -3.21. The third-order valence-corrected chi connectivity index (χ3v) is 6.21. The maximum Gasteiger partial charge on any atom is 0.114 e. The van der Waals surface area contributed by atoms with Crippen LogP contribution in [0.4, 0.5) is 0 Å². The Bertz CT molecular complexity index is 1410. The second-order valence-corrected chi connectivity index (χ2v) is 8.62. The van der Waals surface area contributed by atoms with E-state index in [-0.39, 0.29) is 0 Å². The standard InChI is InChI=1S/C26H20Cl2N4/c1-17-15-30-11-8-22(17)19-2-5-24-25(14-19)32(16-20-13-21(27)3-4-23(20)28)26(31-24)12-18-6-9-29-10-7-18/h2-11,13-15H,12,16H2,1H3. The summed E-state index contributed by atoms with van der Waals surface area (Å²) in [5.41, 5.74) is 7.53. The van der Waals surface area contributed by atoms with Crippen LogP contribution in [0.5, 0.6) is 0 Å². The van der Waals surface area contributed by atoms with Crippen LogP contribution in [0.25, 0.3) is 22.2 Å². The van der Waals surface area contributed by atoms with Gasteiger partial charge >= 0.3 is 0 Å².